The lowest BCUT2D eigenvalue weighted by Gasteiger charge is -2.04. The molecule has 6 heteroatoms. The maximum atomic E-state index is 12.0. The zero-order chi connectivity index (χ0) is 14.0. The van der Waals surface area contributed by atoms with Crippen LogP contribution < -0.4 is 5.32 Å². The summed E-state index contributed by atoms with van der Waals surface area (Å²) in [6.45, 7) is 4.07. The van der Waals surface area contributed by atoms with Gasteiger partial charge in [-0.05, 0) is 24.1 Å². The molecule has 0 radical (unpaired) electrons. The Bertz CT molecular complexity index is 608. The molecule has 0 unspecified atom stereocenters. The molecule has 0 aliphatic rings. The molecule has 0 atom stereocenters. The van der Waals surface area contributed by atoms with E-state index in [-0.39, 0.29) is 5.91 Å². The molecule has 4 nitrogen and oxygen atoms in total. The van der Waals surface area contributed by atoms with Crippen molar-refractivity contribution in [1.29, 1.82) is 0 Å². The zero-order valence-electron chi connectivity index (χ0n) is 10.5. The summed E-state index contributed by atoms with van der Waals surface area (Å²) in [5.41, 5.74) is 1.32. The van der Waals surface area contributed by atoms with Crippen molar-refractivity contribution in [3.8, 4) is 0 Å². The normalized spacial score (nSPS) is 10.8. The van der Waals surface area contributed by atoms with Crippen LogP contribution >= 0.6 is 23.2 Å². The quantitative estimate of drug-likeness (QED) is 0.896. The van der Waals surface area contributed by atoms with Crippen molar-refractivity contribution in [2.45, 2.75) is 19.8 Å². The summed E-state index contributed by atoms with van der Waals surface area (Å²) in [5, 5.41) is 10.4. The van der Waals surface area contributed by atoms with Crippen LogP contribution in [0.3, 0.4) is 0 Å². The molecule has 2 aromatic rings. The minimum Gasteiger partial charge on any atom is -0.305 e. The van der Waals surface area contributed by atoms with Crippen LogP contribution in [-0.2, 0) is 0 Å². The smallest absolute Gasteiger partial charge is 0.258 e. The first-order valence-corrected chi connectivity index (χ1v) is 6.54. The number of H-pyrrole nitrogens is 1. The first-order chi connectivity index (χ1) is 8.97. The molecule has 0 aliphatic carbocycles. The molecule has 1 aromatic heterocycles. The van der Waals surface area contributed by atoms with Gasteiger partial charge in [-0.25, -0.2) is 0 Å². The number of carbonyl (C=O) groups is 1. The van der Waals surface area contributed by atoms with Crippen molar-refractivity contribution in [3.05, 3.63) is 45.6 Å². The van der Waals surface area contributed by atoms with Gasteiger partial charge >= 0.3 is 0 Å². The number of nitrogens with zero attached hydrogens (tertiary/aromatic N) is 1. The second-order valence-electron chi connectivity index (χ2n) is 4.44. The minimum absolute atomic E-state index is 0.310. The SMILES string of the molecule is CC(C)c1cc(NC(=O)c2ccc(Cl)cc2Cl)n[nH]1. The van der Waals surface area contributed by atoms with E-state index in [1.54, 1.807) is 18.2 Å². The highest BCUT2D eigenvalue weighted by atomic mass is 35.5. The molecule has 1 heterocycles. The van der Waals surface area contributed by atoms with Gasteiger partial charge in [-0.3, -0.25) is 9.89 Å². The summed E-state index contributed by atoms with van der Waals surface area (Å²) >= 11 is 11.8. The zero-order valence-corrected chi connectivity index (χ0v) is 12.0. The van der Waals surface area contributed by atoms with Crippen LogP contribution in [0.2, 0.25) is 10.0 Å². The Morgan fingerprint density at radius 2 is 2.05 bits per heavy atom. The number of amides is 1. The molecule has 2 N–H and O–H groups in total. The van der Waals surface area contributed by atoms with Gasteiger partial charge < -0.3 is 5.32 Å². The molecule has 0 saturated heterocycles. The van der Waals surface area contributed by atoms with Gasteiger partial charge in [0.1, 0.15) is 0 Å². The van der Waals surface area contributed by atoms with E-state index in [1.807, 2.05) is 13.8 Å². The van der Waals surface area contributed by atoms with Crippen molar-refractivity contribution in [2.75, 3.05) is 5.32 Å². The predicted octanol–water partition coefficient (Wildman–Crippen LogP) is 4.09. The van der Waals surface area contributed by atoms with E-state index in [9.17, 15) is 4.79 Å². The van der Waals surface area contributed by atoms with Crippen LogP contribution in [0.5, 0.6) is 0 Å². The Morgan fingerprint density at radius 3 is 2.63 bits per heavy atom. The lowest BCUT2D eigenvalue weighted by Crippen LogP contribution is -2.12. The standard InChI is InChI=1S/C13H13Cl2N3O/c1-7(2)11-6-12(18-17-11)16-13(19)9-4-3-8(14)5-10(9)15/h3-7H,1-2H3,(H2,16,17,18,19). The number of nitrogens with one attached hydrogen (secondary N) is 2. The average molecular weight is 298 g/mol. The van der Waals surface area contributed by atoms with Crippen molar-refractivity contribution in [3.63, 3.8) is 0 Å². The maximum absolute atomic E-state index is 12.0. The van der Waals surface area contributed by atoms with Gasteiger partial charge in [0, 0.05) is 16.8 Å². The van der Waals surface area contributed by atoms with E-state index in [1.165, 1.54) is 6.07 Å². The highest BCUT2D eigenvalue weighted by Crippen LogP contribution is 2.22. The molecule has 100 valence electrons. The second-order valence-corrected chi connectivity index (χ2v) is 5.29. The first kappa shape index (κ1) is 13.9. The molecule has 2 rings (SSSR count). The Kier molecular flexibility index (Phi) is 4.12. The van der Waals surface area contributed by atoms with E-state index in [2.05, 4.69) is 15.5 Å². The summed E-state index contributed by atoms with van der Waals surface area (Å²) in [6.07, 6.45) is 0. The molecular weight excluding hydrogens is 285 g/mol. The van der Waals surface area contributed by atoms with E-state index in [0.29, 0.717) is 27.3 Å². The van der Waals surface area contributed by atoms with Crippen LogP contribution in [-0.4, -0.2) is 16.1 Å². The monoisotopic (exact) mass is 297 g/mol. The summed E-state index contributed by atoms with van der Waals surface area (Å²) in [7, 11) is 0. The molecule has 19 heavy (non-hydrogen) atoms. The Hall–Kier alpha value is -1.52. The van der Waals surface area contributed by atoms with Crippen LogP contribution in [0.4, 0.5) is 5.82 Å². The highest BCUT2D eigenvalue weighted by molar-refractivity contribution is 6.37. The fraction of sp³-hybridized carbons (Fsp3) is 0.231. The third kappa shape index (κ3) is 3.28. The lowest BCUT2D eigenvalue weighted by atomic mass is 10.1. The molecule has 1 aromatic carbocycles. The number of anilines is 1. The van der Waals surface area contributed by atoms with Crippen LogP contribution in [0.15, 0.2) is 24.3 Å². The molecule has 0 aliphatic heterocycles. The van der Waals surface area contributed by atoms with Crippen molar-refractivity contribution in [1.82, 2.24) is 10.2 Å². The van der Waals surface area contributed by atoms with Crippen LogP contribution in [0.1, 0.15) is 35.8 Å². The third-order valence-electron chi connectivity index (χ3n) is 2.64. The van der Waals surface area contributed by atoms with Gasteiger partial charge in [0.25, 0.3) is 5.91 Å². The highest BCUT2D eigenvalue weighted by Gasteiger charge is 2.13. The third-order valence-corrected chi connectivity index (χ3v) is 3.18. The van der Waals surface area contributed by atoms with E-state index < -0.39 is 0 Å². The number of aromatic amines is 1. The van der Waals surface area contributed by atoms with Gasteiger partial charge in [0.15, 0.2) is 5.82 Å². The van der Waals surface area contributed by atoms with E-state index in [0.717, 1.165) is 5.69 Å². The van der Waals surface area contributed by atoms with Gasteiger partial charge in [-0.15, -0.1) is 0 Å². The Balaban J connectivity index is 2.16. The van der Waals surface area contributed by atoms with Crippen molar-refractivity contribution >= 4 is 34.9 Å². The number of rotatable bonds is 3. The van der Waals surface area contributed by atoms with Crippen molar-refractivity contribution in [2.24, 2.45) is 0 Å². The van der Waals surface area contributed by atoms with Gasteiger partial charge in [-0.2, -0.15) is 5.10 Å². The summed E-state index contributed by atoms with van der Waals surface area (Å²) < 4.78 is 0. The van der Waals surface area contributed by atoms with Gasteiger partial charge in [0.2, 0.25) is 0 Å². The van der Waals surface area contributed by atoms with Gasteiger partial charge in [0.05, 0.1) is 10.6 Å². The topological polar surface area (TPSA) is 57.8 Å². The summed E-state index contributed by atoms with van der Waals surface area (Å²) in [4.78, 5) is 12.0. The first-order valence-electron chi connectivity index (χ1n) is 5.79. The van der Waals surface area contributed by atoms with Gasteiger partial charge in [-0.1, -0.05) is 37.0 Å². The molecule has 0 bridgehead atoms. The summed E-state index contributed by atoms with van der Waals surface area (Å²) in [5.74, 6) is 0.473. The molecule has 1 amide bonds. The number of aromatic nitrogens is 2. The fourth-order valence-electron chi connectivity index (χ4n) is 1.55. The Morgan fingerprint density at radius 1 is 1.32 bits per heavy atom. The lowest BCUT2D eigenvalue weighted by molar-refractivity contribution is 0.102. The van der Waals surface area contributed by atoms with Crippen molar-refractivity contribution < 1.29 is 4.79 Å². The molecule has 0 saturated carbocycles. The van der Waals surface area contributed by atoms with Crippen LogP contribution in [0, 0.1) is 0 Å². The Labute approximate surface area is 121 Å². The summed E-state index contributed by atoms with van der Waals surface area (Å²) in [6, 6.07) is 6.52. The molecule has 0 spiro atoms. The van der Waals surface area contributed by atoms with E-state index >= 15 is 0 Å². The molecular formula is C13H13Cl2N3O. The van der Waals surface area contributed by atoms with Crippen LogP contribution in [0.25, 0.3) is 0 Å². The number of hydrogen-bond acceptors (Lipinski definition) is 2. The fourth-order valence-corrected chi connectivity index (χ4v) is 2.05. The number of hydrogen-bond donors (Lipinski definition) is 2. The molecule has 0 fully saturated rings. The minimum atomic E-state index is -0.316. The van der Waals surface area contributed by atoms with E-state index in [4.69, 9.17) is 23.2 Å². The number of carbonyl (C=O) groups excluding carboxylic acids is 1. The predicted molar refractivity (Wildman–Crippen MR) is 77.1 cm³/mol. The number of benzene rings is 1. The second kappa shape index (κ2) is 5.63. The maximum Gasteiger partial charge on any atom is 0.258 e. The average Bonchev–Trinajstić information content (AvgIpc) is 2.77. The largest absolute Gasteiger partial charge is 0.305 e. The number of halogens is 2.